The molecular formula is C18H17F3N2O2. The average Bonchev–Trinajstić information content (AvgIpc) is 2.59. The Bertz CT molecular complexity index is 741. The first kappa shape index (κ1) is 18.5. The molecule has 4 nitrogen and oxygen atoms in total. The number of carbonyl (C=O) groups excluding carboxylic acids is 2. The van der Waals surface area contributed by atoms with Crippen molar-refractivity contribution in [3.05, 3.63) is 71.3 Å². The van der Waals surface area contributed by atoms with Gasteiger partial charge in [-0.3, -0.25) is 9.59 Å². The van der Waals surface area contributed by atoms with Crippen LogP contribution in [0.5, 0.6) is 0 Å². The monoisotopic (exact) mass is 350 g/mol. The molecule has 0 aliphatic rings. The van der Waals surface area contributed by atoms with Gasteiger partial charge in [0, 0.05) is 19.7 Å². The van der Waals surface area contributed by atoms with Gasteiger partial charge in [0.15, 0.2) is 0 Å². The second-order valence-electron chi connectivity index (χ2n) is 5.62. The molecule has 0 aliphatic carbocycles. The van der Waals surface area contributed by atoms with E-state index in [1.807, 2.05) is 0 Å². The van der Waals surface area contributed by atoms with E-state index in [9.17, 15) is 22.8 Å². The van der Waals surface area contributed by atoms with E-state index in [-0.39, 0.29) is 11.5 Å². The maximum atomic E-state index is 12.6. The van der Waals surface area contributed by atoms with Crippen molar-refractivity contribution < 1.29 is 22.8 Å². The van der Waals surface area contributed by atoms with Crippen molar-refractivity contribution in [2.45, 2.75) is 12.2 Å². The molecule has 25 heavy (non-hydrogen) atoms. The molecule has 1 N–H and O–H groups in total. The van der Waals surface area contributed by atoms with Crippen LogP contribution in [0.1, 0.15) is 27.5 Å². The van der Waals surface area contributed by atoms with Crippen LogP contribution in [0.4, 0.5) is 13.2 Å². The van der Waals surface area contributed by atoms with Gasteiger partial charge in [0.2, 0.25) is 5.91 Å². The largest absolute Gasteiger partial charge is 0.416 e. The molecule has 0 unspecified atom stereocenters. The first-order valence-electron chi connectivity index (χ1n) is 7.44. The van der Waals surface area contributed by atoms with Crippen LogP contribution in [0.25, 0.3) is 0 Å². The molecule has 2 aromatic rings. The Morgan fingerprint density at radius 3 is 2.00 bits per heavy atom. The van der Waals surface area contributed by atoms with Crippen LogP contribution >= 0.6 is 0 Å². The van der Waals surface area contributed by atoms with E-state index in [4.69, 9.17) is 0 Å². The highest BCUT2D eigenvalue weighted by Gasteiger charge is 2.30. The lowest BCUT2D eigenvalue weighted by Gasteiger charge is -2.22. The maximum Gasteiger partial charge on any atom is 0.416 e. The number of nitrogens with zero attached hydrogens (tertiary/aromatic N) is 1. The molecular weight excluding hydrogens is 333 g/mol. The molecule has 0 spiro atoms. The molecule has 0 saturated heterocycles. The highest BCUT2D eigenvalue weighted by atomic mass is 19.4. The summed E-state index contributed by atoms with van der Waals surface area (Å²) in [4.78, 5) is 26.0. The standard InChI is InChI=1S/C18H17F3N2O2/c1-23(2)17(25)15(12-6-4-3-5-7-12)22-16(24)13-8-10-14(11-9-13)18(19,20)21/h3-11,15H,1-2H3,(H,22,24)/t15-/m1/s1. The summed E-state index contributed by atoms with van der Waals surface area (Å²) in [5.41, 5.74) is -0.213. The van der Waals surface area contributed by atoms with E-state index < -0.39 is 23.7 Å². The van der Waals surface area contributed by atoms with Gasteiger partial charge < -0.3 is 10.2 Å². The van der Waals surface area contributed by atoms with E-state index in [0.29, 0.717) is 5.56 Å². The van der Waals surface area contributed by atoms with Gasteiger partial charge in [0.25, 0.3) is 5.91 Å². The number of likely N-dealkylation sites (N-methyl/N-ethyl adjacent to an activating group) is 1. The summed E-state index contributed by atoms with van der Waals surface area (Å²) in [5.74, 6) is -0.968. The summed E-state index contributed by atoms with van der Waals surface area (Å²) in [6.45, 7) is 0. The minimum absolute atomic E-state index is 0.0421. The van der Waals surface area contributed by atoms with E-state index in [0.717, 1.165) is 24.3 Å². The van der Waals surface area contributed by atoms with Crippen LogP contribution in [0.3, 0.4) is 0 Å². The molecule has 7 heteroatoms. The summed E-state index contributed by atoms with van der Waals surface area (Å²) in [5, 5.41) is 2.58. The number of halogens is 3. The number of hydrogen-bond donors (Lipinski definition) is 1. The minimum atomic E-state index is -4.47. The van der Waals surface area contributed by atoms with Gasteiger partial charge in [-0.1, -0.05) is 30.3 Å². The lowest BCUT2D eigenvalue weighted by atomic mass is 10.0. The fourth-order valence-electron chi connectivity index (χ4n) is 2.22. The van der Waals surface area contributed by atoms with Crippen molar-refractivity contribution in [2.24, 2.45) is 0 Å². The summed E-state index contributed by atoms with van der Waals surface area (Å²) in [6.07, 6.45) is -4.47. The van der Waals surface area contributed by atoms with Crippen LogP contribution in [-0.4, -0.2) is 30.8 Å². The zero-order valence-corrected chi connectivity index (χ0v) is 13.7. The van der Waals surface area contributed by atoms with Crippen LogP contribution in [0.2, 0.25) is 0 Å². The van der Waals surface area contributed by atoms with Crippen LogP contribution < -0.4 is 5.32 Å². The number of hydrogen-bond acceptors (Lipinski definition) is 2. The van der Waals surface area contributed by atoms with E-state index in [2.05, 4.69) is 5.32 Å². The number of amides is 2. The second-order valence-corrected chi connectivity index (χ2v) is 5.62. The third-order valence-corrected chi connectivity index (χ3v) is 3.57. The topological polar surface area (TPSA) is 49.4 Å². The van der Waals surface area contributed by atoms with Crippen molar-refractivity contribution in [2.75, 3.05) is 14.1 Å². The number of alkyl halides is 3. The minimum Gasteiger partial charge on any atom is -0.347 e. The van der Waals surface area contributed by atoms with E-state index in [1.54, 1.807) is 44.4 Å². The van der Waals surface area contributed by atoms with E-state index in [1.165, 1.54) is 4.90 Å². The van der Waals surface area contributed by atoms with Gasteiger partial charge in [-0.15, -0.1) is 0 Å². The normalized spacial score (nSPS) is 12.4. The predicted octanol–water partition coefficient (Wildman–Crippen LogP) is 3.26. The fraction of sp³-hybridized carbons (Fsp3) is 0.222. The Kier molecular flexibility index (Phi) is 5.46. The molecule has 0 radical (unpaired) electrons. The van der Waals surface area contributed by atoms with Gasteiger partial charge in [-0.05, 0) is 29.8 Å². The smallest absolute Gasteiger partial charge is 0.347 e. The van der Waals surface area contributed by atoms with Crippen molar-refractivity contribution in [1.82, 2.24) is 10.2 Å². The van der Waals surface area contributed by atoms with Crippen molar-refractivity contribution >= 4 is 11.8 Å². The summed E-state index contributed by atoms with van der Waals surface area (Å²) < 4.78 is 37.8. The Morgan fingerprint density at radius 1 is 0.960 bits per heavy atom. The fourth-order valence-corrected chi connectivity index (χ4v) is 2.22. The predicted molar refractivity (Wildman–Crippen MR) is 86.8 cm³/mol. The average molecular weight is 350 g/mol. The Balaban J connectivity index is 2.24. The highest BCUT2D eigenvalue weighted by molar-refractivity contribution is 5.97. The first-order valence-corrected chi connectivity index (χ1v) is 7.44. The first-order chi connectivity index (χ1) is 11.7. The van der Waals surface area contributed by atoms with E-state index >= 15 is 0 Å². The van der Waals surface area contributed by atoms with Gasteiger partial charge in [-0.25, -0.2) is 0 Å². The Labute approximate surface area is 143 Å². The quantitative estimate of drug-likeness (QED) is 0.920. The summed E-state index contributed by atoms with van der Waals surface area (Å²) in [7, 11) is 3.12. The van der Waals surface area contributed by atoms with Crippen LogP contribution in [0.15, 0.2) is 54.6 Å². The molecule has 2 rings (SSSR count). The molecule has 132 valence electrons. The van der Waals surface area contributed by atoms with Gasteiger partial charge in [0.1, 0.15) is 6.04 Å². The molecule has 0 aromatic heterocycles. The van der Waals surface area contributed by atoms with Crippen molar-refractivity contribution in [3.63, 3.8) is 0 Å². The summed E-state index contributed by atoms with van der Waals surface area (Å²) >= 11 is 0. The maximum absolute atomic E-state index is 12.6. The molecule has 1 atom stereocenters. The molecule has 2 aromatic carbocycles. The number of rotatable bonds is 4. The Morgan fingerprint density at radius 2 is 1.52 bits per heavy atom. The van der Waals surface area contributed by atoms with Crippen molar-refractivity contribution in [1.29, 1.82) is 0 Å². The number of carbonyl (C=O) groups is 2. The molecule has 0 fully saturated rings. The lowest BCUT2D eigenvalue weighted by Crippen LogP contribution is -2.39. The van der Waals surface area contributed by atoms with Crippen LogP contribution in [-0.2, 0) is 11.0 Å². The molecule has 0 saturated carbocycles. The molecule has 0 aliphatic heterocycles. The zero-order valence-electron chi connectivity index (χ0n) is 13.7. The molecule has 0 heterocycles. The summed E-state index contributed by atoms with van der Waals surface area (Å²) in [6, 6.07) is 11.5. The highest BCUT2D eigenvalue weighted by Crippen LogP contribution is 2.29. The molecule has 2 amide bonds. The van der Waals surface area contributed by atoms with Crippen molar-refractivity contribution in [3.8, 4) is 0 Å². The molecule has 0 bridgehead atoms. The third kappa shape index (κ3) is 4.59. The third-order valence-electron chi connectivity index (χ3n) is 3.57. The number of nitrogens with one attached hydrogen (secondary N) is 1. The Hall–Kier alpha value is -2.83. The van der Waals surface area contributed by atoms with Gasteiger partial charge >= 0.3 is 6.18 Å². The SMILES string of the molecule is CN(C)C(=O)[C@H](NC(=O)c1ccc(C(F)(F)F)cc1)c1ccccc1. The second kappa shape index (κ2) is 7.38. The number of benzene rings is 2. The lowest BCUT2D eigenvalue weighted by molar-refractivity contribution is -0.137. The van der Waals surface area contributed by atoms with Gasteiger partial charge in [-0.2, -0.15) is 13.2 Å². The zero-order chi connectivity index (χ0) is 18.6. The van der Waals surface area contributed by atoms with Crippen LogP contribution in [0, 0.1) is 0 Å². The van der Waals surface area contributed by atoms with Gasteiger partial charge in [0.05, 0.1) is 5.56 Å².